The standard InChI is InChI=1S/C25H26N10O7/c36-10-14(6-13-4-2-1-3-5-13)29-22-19-23(31-24(30-22)32-9-17(27-11-32)35(41)42)33(12-28-19)15-7-16(21(39)20(15)38)34-18(37)8-26-25(34)40/h1-5,9,11-12,14-16,20-21,36,38-39H,6-8,10H2,(H,26,40)(H,29,30,31)/t14-,15+,16-,20-,21+/m0/s1. The van der Waals surface area contributed by atoms with Crippen LogP contribution in [0.5, 0.6) is 0 Å². The highest BCUT2D eigenvalue weighted by molar-refractivity contribution is 6.02. The first kappa shape index (κ1) is 27.2. The largest absolute Gasteiger partial charge is 0.394 e. The molecule has 0 radical (unpaired) electrons. The molecule has 218 valence electrons. The van der Waals surface area contributed by atoms with Crippen molar-refractivity contribution in [2.75, 3.05) is 18.5 Å². The SMILES string of the molecule is O=C1CNC(=O)N1[C@H]1C[C@@H](n2cnc3c(N[C@H](CO)Cc4ccccc4)nc(-n4cnc([N+](=O)[O-])c4)nc32)[C@H](O)[C@@H]1O. The van der Waals surface area contributed by atoms with Gasteiger partial charge in [0.1, 0.15) is 18.4 Å². The molecule has 5 N–H and O–H groups in total. The summed E-state index contributed by atoms with van der Waals surface area (Å²) in [6.45, 7) is -0.456. The van der Waals surface area contributed by atoms with Gasteiger partial charge in [0.05, 0.1) is 37.6 Å². The molecule has 42 heavy (non-hydrogen) atoms. The molecular formula is C25H26N10O7. The number of aromatic nitrogens is 6. The van der Waals surface area contributed by atoms with Gasteiger partial charge in [-0.1, -0.05) is 30.3 Å². The van der Waals surface area contributed by atoms with Crippen molar-refractivity contribution in [1.29, 1.82) is 0 Å². The smallest absolute Gasteiger partial charge is 0.382 e. The van der Waals surface area contributed by atoms with Crippen molar-refractivity contribution in [3.8, 4) is 5.95 Å². The number of nitrogens with zero attached hydrogens (tertiary/aromatic N) is 8. The van der Waals surface area contributed by atoms with Crippen LogP contribution >= 0.6 is 0 Å². The highest BCUT2D eigenvalue weighted by Gasteiger charge is 2.50. The van der Waals surface area contributed by atoms with Crippen molar-refractivity contribution in [2.45, 2.75) is 43.2 Å². The van der Waals surface area contributed by atoms with Gasteiger partial charge < -0.3 is 40.6 Å². The first-order valence-electron chi connectivity index (χ1n) is 13.1. The van der Waals surface area contributed by atoms with Gasteiger partial charge in [0.2, 0.25) is 18.2 Å². The number of imide groups is 1. The molecule has 5 atom stereocenters. The lowest BCUT2D eigenvalue weighted by Crippen LogP contribution is -2.46. The number of urea groups is 1. The fourth-order valence-electron chi connectivity index (χ4n) is 5.42. The minimum atomic E-state index is -1.43. The van der Waals surface area contributed by atoms with Crippen molar-refractivity contribution in [3.05, 3.63) is 64.9 Å². The van der Waals surface area contributed by atoms with Crippen LogP contribution < -0.4 is 10.6 Å². The van der Waals surface area contributed by atoms with E-state index in [2.05, 4.69) is 30.6 Å². The van der Waals surface area contributed by atoms with E-state index < -0.39 is 53.0 Å². The van der Waals surface area contributed by atoms with Crippen molar-refractivity contribution in [1.82, 2.24) is 39.3 Å². The maximum absolute atomic E-state index is 12.3. The topological polar surface area (TPSA) is 227 Å². The summed E-state index contributed by atoms with van der Waals surface area (Å²) in [6.07, 6.45) is 1.35. The van der Waals surface area contributed by atoms with E-state index in [0.717, 1.165) is 16.7 Å². The number of nitrogens with one attached hydrogen (secondary N) is 2. The molecule has 17 nitrogen and oxygen atoms in total. The molecule has 1 saturated heterocycles. The molecule has 1 aliphatic carbocycles. The summed E-state index contributed by atoms with van der Waals surface area (Å²) in [7, 11) is 0. The van der Waals surface area contributed by atoms with E-state index in [9.17, 15) is 35.0 Å². The molecule has 2 fully saturated rings. The van der Waals surface area contributed by atoms with Gasteiger partial charge >= 0.3 is 11.8 Å². The number of nitro groups is 1. The van der Waals surface area contributed by atoms with Gasteiger partial charge in [0, 0.05) is 0 Å². The Balaban J connectivity index is 1.40. The van der Waals surface area contributed by atoms with Crippen LogP contribution in [0.1, 0.15) is 18.0 Å². The van der Waals surface area contributed by atoms with Gasteiger partial charge in [0.15, 0.2) is 17.0 Å². The molecule has 6 rings (SSSR count). The second-order valence-electron chi connectivity index (χ2n) is 10.1. The fraction of sp³-hybridized carbons (Fsp3) is 0.360. The molecule has 0 unspecified atom stereocenters. The molecule has 1 aromatic carbocycles. The minimum absolute atomic E-state index is 0.0116. The monoisotopic (exact) mass is 578 g/mol. The second-order valence-corrected chi connectivity index (χ2v) is 10.1. The molecule has 2 aliphatic rings. The van der Waals surface area contributed by atoms with Gasteiger partial charge in [-0.15, -0.1) is 0 Å². The van der Waals surface area contributed by atoms with Gasteiger partial charge in [0.25, 0.3) is 0 Å². The average molecular weight is 579 g/mol. The first-order valence-corrected chi connectivity index (χ1v) is 13.1. The van der Waals surface area contributed by atoms with E-state index in [0.29, 0.717) is 6.42 Å². The number of benzene rings is 1. The zero-order chi connectivity index (χ0) is 29.5. The molecule has 0 bridgehead atoms. The summed E-state index contributed by atoms with van der Waals surface area (Å²) in [4.78, 5) is 53.4. The molecule has 0 spiro atoms. The Bertz CT molecular complexity index is 1640. The average Bonchev–Trinajstić information content (AvgIpc) is 3.77. The molecule has 17 heteroatoms. The van der Waals surface area contributed by atoms with Crippen molar-refractivity contribution in [3.63, 3.8) is 0 Å². The van der Waals surface area contributed by atoms with Crippen LogP contribution in [0, 0.1) is 10.1 Å². The van der Waals surface area contributed by atoms with Crippen LogP contribution in [0.4, 0.5) is 16.4 Å². The number of hydrogen-bond acceptors (Lipinski definition) is 12. The molecule has 3 aromatic heterocycles. The summed E-state index contributed by atoms with van der Waals surface area (Å²) >= 11 is 0. The Kier molecular flexibility index (Phi) is 6.97. The molecule has 4 aromatic rings. The van der Waals surface area contributed by atoms with Crippen LogP contribution in [-0.4, -0.2) is 104 Å². The van der Waals surface area contributed by atoms with E-state index in [-0.39, 0.29) is 42.5 Å². The summed E-state index contributed by atoms with van der Waals surface area (Å²) in [5, 5.41) is 48.8. The normalized spacial score (nSPS) is 23.0. The summed E-state index contributed by atoms with van der Waals surface area (Å²) in [5.41, 5.74) is 1.42. The number of carbonyl (C=O) groups excluding carboxylic acids is 2. The zero-order valence-corrected chi connectivity index (χ0v) is 21.9. The Labute approximate surface area is 236 Å². The van der Waals surface area contributed by atoms with Crippen LogP contribution in [0.25, 0.3) is 17.1 Å². The van der Waals surface area contributed by atoms with Crippen LogP contribution in [0.2, 0.25) is 0 Å². The molecule has 4 heterocycles. The highest BCUT2D eigenvalue weighted by Crippen LogP contribution is 2.37. The number of rotatable bonds is 9. The first-order chi connectivity index (χ1) is 20.2. The molecule has 1 aliphatic heterocycles. The highest BCUT2D eigenvalue weighted by atomic mass is 16.6. The number of fused-ring (bicyclic) bond motifs is 1. The summed E-state index contributed by atoms with van der Waals surface area (Å²) in [5.74, 6) is -0.746. The predicted octanol–water partition coefficient (Wildman–Crippen LogP) is -0.477. The third-order valence-corrected chi connectivity index (χ3v) is 7.47. The van der Waals surface area contributed by atoms with Crippen LogP contribution in [-0.2, 0) is 11.2 Å². The van der Waals surface area contributed by atoms with Crippen molar-refractivity contribution >= 4 is 34.7 Å². The number of aliphatic hydroxyl groups is 3. The van der Waals surface area contributed by atoms with E-state index >= 15 is 0 Å². The number of amides is 3. The Morgan fingerprint density at radius 3 is 2.52 bits per heavy atom. The Hall–Kier alpha value is -5.00. The third kappa shape index (κ3) is 4.78. The summed E-state index contributed by atoms with van der Waals surface area (Å²) < 4.78 is 2.76. The number of hydrogen-bond donors (Lipinski definition) is 5. The lowest BCUT2D eigenvalue weighted by Gasteiger charge is -2.23. The molecule has 1 saturated carbocycles. The predicted molar refractivity (Wildman–Crippen MR) is 143 cm³/mol. The van der Waals surface area contributed by atoms with Gasteiger partial charge in [-0.25, -0.2) is 14.3 Å². The Morgan fingerprint density at radius 1 is 1.10 bits per heavy atom. The van der Waals surface area contributed by atoms with Gasteiger partial charge in [-0.3, -0.25) is 9.69 Å². The van der Waals surface area contributed by atoms with Crippen LogP contribution in [0.15, 0.2) is 49.2 Å². The maximum atomic E-state index is 12.3. The quantitative estimate of drug-likeness (QED) is 0.0964. The summed E-state index contributed by atoms with van der Waals surface area (Å²) in [6, 6.07) is 6.49. The maximum Gasteiger partial charge on any atom is 0.382 e. The number of imidazole rings is 2. The van der Waals surface area contributed by atoms with E-state index in [1.54, 1.807) is 0 Å². The molecule has 3 amide bonds. The van der Waals surface area contributed by atoms with E-state index in [1.807, 2.05) is 30.3 Å². The van der Waals surface area contributed by atoms with Crippen molar-refractivity contribution in [2.24, 2.45) is 0 Å². The van der Waals surface area contributed by atoms with E-state index in [1.165, 1.54) is 21.8 Å². The van der Waals surface area contributed by atoms with Gasteiger partial charge in [-0.2, -0.15) is 9.97 Å². The van der Waals surface area contributed by atoms with Gasteiger partial charge in [-0.05, 0) is 28.3 Å². The number of carbonyl (C=O) groups is 2. The third-order valence-electron chi connectivity index (χ3n) is 7.47. The lowest BCUT2D eigenvalue weighted by molar-refractivity contribution is -0.389. The molecular weight excluding hydrogens is 552 g/mol. The van der Waals surface area contributed by atoms with Crippen molar-refractivity contribution < 1.29 is 29.8 Å². The van der Waals surface area contributed by atoms with E-state index in [4.69, 9.17) is 0 Å². The van der Waals surface area contributed by atoms with Crippen LogP contribution in [0.3, 0.4) is 0 Å². The Morgan fingerprint density at radius 2 is 1.86 bits per heavy atom. The number of anilines is 1. The fourth-order valence-corrected chi connectivity index (χ4v) is 5.42. The minimum Gasteiger partial charge on any atom is -0.394 e. The lowest BCUT2D eigenvalue weighted by atomic mass is 10.1. The zero-order valence-electron chi connectivity index (χ0n) is 21.9. The second kappa shape index (κ2) is 10.8. The number of aliphatic hydroxyl groups excluding tert-OH is 3.